The fraction of sp³-hybridized carbons (Fsp3) is 0.417. The third-order valence-electron chi connectivity index (χ3n) is 2.76. The van der Waals surface area contributed by atoms with Gasteiger partial charge in [0.25, 0.3) is 0 Å². The molecule has 1 aromatic carbocycles. The summed E-state index contributed by atoms with van der Waals surface area (Å²) in [6, 6.07) is 8.69. The highest BCUT2D eigenvalue weighted by molar-refractivity contribution is 5.89. The van der Waals surface area contributed by atoms with Crippen molar-refractivity contribution >= 4 is 5.97 Å². The Hall–Kier alpha value is -1.46. The summed E-state index contributed by atoms with van der Waals surface area (Å²) in [7, 11) is 1.71. The number of halogens is 1. The Balaban J connectivity index is 1.92. The molecule has 17 heavy (non-hydrogen) atoms. The van der Waals surface area contributed by atoms with Crippen molar-refractivity contribution in [2.45, 2.75) is 6.30 Å². The van der Waals surface area contributed by atoms with Gasteiger partial charge in [0.15, 0.2) is 6.30 Å². The number of hydrogen-bond donors (Lipinski definition) is 0. The fourth-order valence-electron chi connectivity index (χ4n) is 1.64. The quantitative estimate of drug-likeness (QED) is 0.727. The number of carbonyl (C=O) groups is 1. The molecule has 4 nitrogen and oxygen atoms in total. The van der Waals surface area contributed by atoms with Gasteiger partial charge >= 0.3 is 5.97 Å². The summed E-state index contributed by atoms with van der Waals surface area (Å²) in [4.78, 5) is 18.4. The van der Waals surface area contributed by atoms with Gasteiger partial charge in [0.1, 0.15) is 0 Å². The van der Waals surface area contributed by atoms with Crippen LogP contribution in [0.1, 0.15) is 10.4 Å². The van der Waals surface area contributed by atoms with Gasteiger partial charge in [0.05, 0.1) is 12.1 Å². The molecule has 0 aliphatic carbocycles. The molecule has 1 saturated heterocycles. The van der Waals surface area contributed by atoms with Crippen LogP contribution >= 0.6 is 0 Å². The van der Waals surface area contributed by atoms with Crippen LogP contribution in [0.4, 0.5) is 4.39 Å². The molecule has 0 bridgehead atoms. The fourth-order valence-corrected chi connectivity index (χ4v) is 1.64. The summed E-state index contributed by atoms with van der Waals surface area (Å²) in [6.07, 6.45) is -1.09. The summed E-state index contributed by atoms with van der Waals surface area (Å²) < 4.78 is 13.4. The maximum atomic E-state index is 13.4. The molecular formula is C12H15FN2O2. The predicted molar refractivity (Wildman–Crippen MR) is 61.0 cm³/mol. The Bertz CT molecular complexity index is 385. The minimum Gasteiger partial charge on any atom is -0.364 e. The monoisotopic (exact) mass is 238 g/mol. The van der Waals surface area contributed by atoms with Gasteiger partial charge in [-0.05, 0) is 19.2 Å². The molecule has 1 aliphatic rings. The second kappa shape index (κ2) is 5.25. The lowest BCUT2D eigenvalue weighted by Crippen LogP contribution is -2.49. The van der Waals surface area contributed by atoms with Crippen LogP contribution in [-0.2, 0) is 4.84 Å². The predicted octanol–water partition coefficient (Wildman–Crippen LogP) is 1.30. The van der Waals surface area contributed by atoms with Gasteiger partial charge in [0.2, 0.25) is 0 Å². The van der Waals surface area contributed by atoms with Crippen molar-refractivity contribution in [2.24, 2.45) is 0 Å². The average molecular weight is 238 g/mol. The van der Waals surface area contributed by atoms with E-state index in [1.165, 1.54) is 5.06 Å². The van der Waals surface area contributed by atoms with Crippen LogP contribution in [0, 0.1) is 0 Å². The van der Waals surface area contributed by atoms with Gasteiger partial charge in [-0.15, -0.1) is 5.06 Å². The summed E-state index contributed by atoms with van der Waals surface area (Å²) in [5.74, 6) is -0.442. The number of hydroxylamine groups is 2. The Morgan fingerprint density at radius 1 is 1.35 bits per heavy atom. The molecule has 0 saturated carbocycles. The van der Waals surface area contributed by atoms with E-state index in [4.69, 9.17) is 4.84 Å². The molecule has 1 fully saturated rings. The lowest BCUT2D eigenvalue weighted by molar-refractivity contribution is -0.157. The van der Waals surface area contributed by atoms with E-state index in [-0.39, 0.29) is 6.54 Å². The van der Waals surface area contributed by atoms with Gasteiger partial charge < -0.3 is 4.84 Å². The van der Waals surface area contributed by atoms with Gasteiger partial charge in [-0.25, -0.2) is 9.18 Å². The smallest absolute Gasteiger partial charge is 0.357 e. The zero-order valence-corrected chi connectivity index (χ0v) is 9.67. The minimum absolute atomic E-state index is 0.0923. The Morgan fingerprint density at radius 2 is 2.06 bits per heavy atom. The van der Waals surface area contributed by atoms with E-state index in [1.807, 2.05) is 6.07 Å². The number of rotatable bonds is 2. The molecule has 0 aromatic heterocycles. The van der Waals surface area contributed by atoms with E-state index in [0.717, 1.165) is 0 Å². The lowest BCUT2D eigenvalue weighted by atomic mass is 10.2. The Kier molecular flexibility index (Phi) is 3.71. The standard InChI is InChI=1S/C12H15FN2O2/c1-14-7-8-15(9-11(14)13)17-12(16)10-5-3-2-4-6-10/h2-6,11H,7-9H2,1H3. The first kappa shape index (κ1) is 12.0. The van der Waals surface area contributed by atoms with Gasteiger partial charge in [-0.2, -0.15) is 0 Å². The molecular weight excluding hydrogens is 223 g/mol. The zero-order chi connectivity index (χ0) is 12.3. The van der Waals surface area contributed by atoms with Crippen LogP contribution < -0.4 is 0 Å². The molecule has 0 amide bonds. The lowest BCUT2D eigenvalue weighted by Gasteiger charge is -2.33. The van der Waals surface area contributed by atoms with Crippen molar-refractivity contribution in [1.29, 1.82) is 0 Å². The number of piperazine rings is 1. The van der Waals surface area contributed by atoms with E-state index < -0.39 is 12.3 Å². The van der Waals surface area contributed by atoms with Crippen molar-refractivity contribution in [3.63, 3.8) is 0 Å². The van der Waals surface area contributed by atoms with Crippen LogP contribution in [0.3, 0.4) is 0 Å². The highest BCUT2D eigenvalue weighted by Crippen LogP contribution is 2.11. The normalized spacial score (nSPS) is 22.4. The van der Waals surface area contributed by atoms with Crippen LogP contribution in [0.2, 0.25) is 0 Å². The second-order valence-corrected chi connectivity index (χ2v) is 4.05. The molecule has 1 aromatic rings. The van der Waals surface area contributed by atoms with Crippen LogP contribution in [0.15, 0.2) is 30.3 Å². The average Bonchev–Trinajstić information content (AvgIpc) is 2.35. The van der Waals surface area contributed by atoms with Crippen molar-refractivity contribution in [3.05, 3.63) is 35.9 Å². The maximum Gasteiger partial charge on any atom is 0.357 e. The molecule has 1 unspecified atom stereocenters. The van der Waals surface area contributed by atoms with Crippen molar-refractivity contribution in [3.8, 4) is 0 Å². The third-order valence-corrected chi connectivity index (χ3v) is 2.76. The topological polar surface area (TPSA) is 32.8 Å². The number of carbonyl (C=O) groups excluding carboxylic acids is 1. The minimum atomic E-state index is -1.09. The van der Waals surface area contributed by atoms with Crippen molar-refractivity contribution in [2.75, 3.05) is 26.7 Å². The van der Waals surface area contributed by atoms with Crippen molar-refractivity contribution in [1.82, 2.24) is 9.96 Å². The molecule has 2 rings (SSSR count). The summed E-state index contributed by atoms with van der Waals surface area (Å²) in [6.45, 7) is 1.16. The highest BCUT2D eigenvalue weighted by atomic mass is 19.1. The first-order valence-electron chi connectivity index (χ1n) is 5.53. The molecule has 1 atom stereocenters. The zero-order valence-electron chi connectivity index (χ0n) is 9.67. The highest BCUT2D eigenvalue weighted by Gasteiger charge is 2.26. The van der Waals surface area contributed by atoms with Crippen LogP contribution in [0.5, 0.6) is 0 Å². The Morgan fingerprint density at radius 3 is 2.71 bits per heavy atom. The van der Waals surface area contributed by atoms with E-state index in [9.17, 15) is 9.18 Å². The number of nitrogens with zero attached hydrogens (tertiary/aromatic N) is 2. The molecule has 5 heteroatoms. The third kappa shape index (κ3) is 3.01. The number of benzene rings is 1. The van der Waals surface area contributed by atoms with E-state index in [1.54, 1.807) is 36.2 Å². The largest absolute Gasteiger partial charge is 0.364 e. The summed E-state index contributed by atoms with van der Waals surface area (Å²) in [5, 5.41) is 1.38. The van der Waals surface area contributed by atoms with Crippen LogP contribution in [0.25, 0.3) is 0 Å². The summed E-state index contributed by atoms with van der Waals surface area (Å²) in [5.41, 5.74) is 0.474. The van der Waals surface area contributed by atoms with Gasteiger partial charge in [0, 0.05) is 13.1 Å². The first-order chi connectivity index (χ1) is 8.16. The molecule has 0 spiro atoms. The van der Waals surface area contributed by atoms with Crippen molar-refractivity contribution < 1.29 is 14.0 Å². The summed E-state index contributed by atoms with van der Waals surface area (Å²) >= 11 is 0. The second-order valence-electron chi connectivity index (χ2n) is 4.05. The van der Waals surface area contributed by atoms with Gasteiger partial charge in [-0.3, -0.25) is 4.90 Å². The van der Waals surface area contributed by atoms with E-state index in [0.29, 0.717) is 18.7 Å². The number of likely N-dealkylation sites (N-methyl/N-ethyl adjacent to an activating group) is 1. The molecule has 1 aliphatic heterocycles. The molecule has 0 radical (unpaired) electrons. The SMILES string of the molecule is CN1CCN(OC(=O)c2ccccc2)CC1F. The Labute approximate surface area is 99.5 Å². The maximum absolute atomic E-state index is 13.4. The van der Waals surface area contributed by atoms with Crippen LogP contribution in [-0.4, -0.2) is 48.9 Å². The molecule has 0 N–H and O–H groups in total. The van der Waals surface area contributed by atoms with E-state index >= 15 is 0 Å². The molecule has 92 valence electrons. The number of hydrogen-bond acceptors (Lipinski definition) is 4. The molecule has 1 heterocycles. The first-order valence-corrected chi connectivity index (χ1v) is 5.53. The van der Waals surface area contributed by atoms with Gasteiger partial charge in [-0.1, -0.05) is 18.2 Å². The van der Waals surface area contributed by atoms with E-state index in [2.05, 4.69) is 0 Å². The number of alkyl halides is 1.